The molecule has 0 bridgehead atoms. The third-order valence-corrected chi connectivity index (χ3v) is 4.02. The number of carbonyl (C=O) groups is 3. The second kappa shape index (κ2) is 7.98. The Morgan fingerprint density at radius 1 is 1.40 bits per heavy atom. The van der Waals surface area contributed by atoms with Gasteiger partial charge in [-0.25, -0.2) is 4.79 Å². The molecule has 1 rings (SSSR count). The van der Waals surface area contributed by atoms with Crippen molar-refractivity contribution in [3.8, 4) is 0 Å². The number of urea groups is 1. The normalized spacial score (nSPS) is 23.1. The first kappa shape index (κ1) is 16.6. The van der Waals surface area contributed by atoms with E-state index in [9.17, 15) is 14.4 Å². The molecule has 0 saturated heterocycles. The zero-order valence-corrected chi connectivity index (χ0v) is 12.2. The highest BCUT2D eigenvalue weighted by molar-refractivity contribution is 7.98. The number of hydrogen-bond acceptors (Lipinski definition) is 4. The summed E-state index contributed by atoms with van der Waals surface area (Å²) in [6.07, 6.45) is 4.05. The average Bonchev–Trinajstić information content (AvgIpc) is 2.82. The molecular formula is C12H21N3O4S. The molecule has 7 nitrogen and oxygen atoms in total. The summed E-state index contributed by atoms with van der Waals surface area (Å²) in [4.78, 5) is 33.8. The van der Waals surface area contributed by atoms with Crippen molar-refractivity contribution >= 4 is 29.7 Å². The molecule has 0 aromatic rings. The van der Waals surface area contributed by atoms with Crippen LogP contribution in [0.15, 0.2) is 0 Å². The third-order valence-electron chi connectivity index (χ3n) is 3.37. The molecule has 1 saturated carbocycles. The minimum absolute atomic E-state index is 0.143. The lowest BCUT2D eigenvalue weighted by molar-refractivity contribution is -0.141. The van der Waals surface area contributed by atoms with Gasteiger partial charge in [0.05, 0.1) is 5.92 Å². The van der Waals surface area contributed by atoms with E-state index in [4.69, 9.17) is 10.8 Å². The maximum Gasteiger partial charge on any atom is 0.312 e. The Morgan fingerprint density at radius 3 is 2.60 bits per heavy atom. The summed E-state index contributed by atoms with van der Waals surface area (Å²) in [6, 6.07) is -1.54. The predicted octanol–water partition coefficient (Wildman–Crippen LogP) is 0.146. The first-order chi connectivity index (χ1) is 9.43. The molecule has 3 atom stereocenters. The molecule has 1 aliphatic carbocycles. The summed E-state index contributed by atoms with van der Waals surface area (Å²) in [5, 5.41) is 14.1. The van der Waals surface area contributed by atoms with Gasteiger partial charge in [0.25, 0.3) is 0 Å². The van der Waals surface area contributed by atoms with E-state index >= 15 is 0 Å². The summed E-state index contributed by atoms with van der Waals surface area (Å²) < 4.78 is 0. The lowest BCUT2D eigenvalue weighted by atomic mass is 10.1. The van der Waals surface area contributed by atoms with Crippen LogP contribution in [0, 0.1) is 5.92 Å². The predicted molar refractivity (Wildman–Crippen MR) is 76.4 cm³/mol. The van der Waals surface area contributed by atoms with Gasteiger partial charge in [0, 0.05) is 6.04 Å². The van der Waals surface area contributed by atoms with Gasteiger partial charge in [0.15, 0.2) is 0 Å². The molecule has 0 heterocycles. The fourth-order valence-corrected chi connectivity index (χ4v) is 2.79. The number of carboxylic acid groups (broad SMARTS) is 1. The van der Waals surface area contributed by atoms with Crippen LogP contribution in [-0.4, -0.2) is 47.1 Å². The molecule has 5 N–H and O–H groups in total. The van der Waals surface area contributed by atoms with Crippen molar-refractivity contribution in [1.29, 1.82) is 0 Å². The number of primary amides is 1. The zero-order valence-electron chi connectivity index (χ0n) is 11.4. The van der Waals surface area contributed by atoms with Crippen LogP contribution in [0.5, 0.6) is 0 Å². The number of carboxylic acids is 1. The quantitative estimate of drug-likeness (QED) is 0.533. The van der Waals surface area contributed by atoms with Crippen LogP contribution in [0.2, 0.25) is 0 Å². The van der Waals surface area contributed by atoms with E-state index in [1.807, 2.05) is 6.26 Å². The van der Waals surface area contributed by atoms with E-state index in [1.165, 1.54) is 0 Å². The third kappa shape index (κ3) is 5.28. The lowest BCUT2D eigenvalue weighted by Gasteiger charge is -2.20. The molecule has 8 heteroatoms. The minimum atomic E-state index is -0.823. The average molecular weight is 303 g/mol. The van der Waals surface area contributed by atoms with Crippen molar-refractivity contribution in [3.05, 3.63) is 0 Å². The van der Waals surface area contributed by atoms with E-state index in [1.54, 1.807) is 11.8 Å². The van der Waals surface area contributed by atoms with Crippen molar-refractivity contribution in [1.82, 2.24) is 10.6 Å². The highest BCUT2D eigenvalue weighted by atomic mass is 32.2. The number of rotatable bonds is 7. The van der Waals surface area contributed by atoms with Crippen LogP contribution < -0.4 is 16.4 Å². The van der Waals surface area contributed by atoms with Crippen LogP contribution in [0.4, 0.5) is 4.79 Å². The number of nitrogens with one attached hydrogen (secondary N) is 2. The van der Waals surface area contributed by atoms with Gasteiger partial charge >= 0.3 is 12.0 Å². The fourth-order valence-electron chi connectivity index (χ4n) is 2.31. The number of hydrogen-bond donors (Lipinski definition) is 4. The molecule has 3 amide bonds. The van der Waals surface area contributed by atoms with Crippen LogP contribution >= 0.6 is 11.8 Å². The van der Waals surface area contributed by atoms with Gasteiger partial charge in [0.1, 0.15) is 6.04 Å². The van der Waals surface area contributed by atoms with Gasteiger partial charge in [-0.1, -0.05) is 0 Å². The van der Waals surface area contributed by atoms with E-state index in [0.29, 0.717) is 25.7 Å². The van der Waals surface area contributed by atoms with Crippen LogP contribution in [0.25, 0.3) is 0 Å². The molecule has 0 radical (unpaired) electrons. The summed E-state index contributed by atoms with van der Waals surface area (Å²) in [5.41, 5.74) is 5.06. The van der Waals surface area contributed by atoms with Gasteiger partial charge in [-0.15, -0.1) is 0 Å². The first-order valence-electron chi connectivity index (χ1n) is 6.52. The zero-order chi connectivity index (χ0) is 15.1. The molecule has 114 valence electrons. The Labute approximate surface area is 122 Å². The molecule has 20 heavy (non-hydrogen) atoms. The Balaban J connectivity index is 2.49. The van der Waals surface area contributed by atoms with Crippen molar-refractivity contribution in [2.45, 2.75) is 37.8 Å². The number of amides is 3. The SMILES string of the molecule is CSCCC(NC(N)=O)C(=O)N[C@H]1CC[C@@H](C(=O)O)C1. The van der Waals surface area contributed by atoms with Crippen LogP contribution in [0.3, 0.4) is 0 Å². The monoisotopic (exact) mass is 303 g/mol. The highest BCUT2D eigenvalue weighted by Gasteiger charge is 2.32. The standard InChI is InChI=1S/C12H21N3O4S/c1-20-5-4-9(15-12(13)19)10(16)14-8-3-2-7(6-8)11(17)18/h7-9H,2-6H2,1H3,(H,14,16)(H,17,18)(H3,13,15,19)/t7-,8+,9?/m1/s1. The molecule has 1 unspecified atom stereocenters. The Bertz CT molecular complexity index is 378. The number of carbonyl (C=O) groups excluding carboxylic acids is 2. The summed E-state index contributed by atoms with van der Waals surface area (Å²) in [6.45, 7) is 0. The maximum atomic E-state index is 12.1. The number of thioether (sulfide) groups is 1. The smallest absolute Gasteiger partial charge is 0.312 e. The van der Waals surface area contributed by atoms with Gasteiger partial charge in [-0.3, -0.25) is 9.59 Å². The van der Waals surface area contributed by atoms with Crippen molar-refractivity contribution in [3.63, 3.8) is 0 Å². The van der Waals surface area contributed by atoms with Crippen LogP contribution in [-0.2, 0) is 9.59 Å². The molecule has 0 aromatic heterocycles. The molecule has 1 aliphatic rings. The van der Waals surface area contributed by atoms with Gasteiger partial charge < -0.3 is 21.5 Å². The number of aliphatic carboxylic acids is 1. The summed E-state index contributed by atoms with van der Waals surface area (Å²) in [7, 11) is 0. The highest BCUT2D eigenvalue weighted by Crippen LogP contribution is 2.25. The molecule has 0 spiro atoms. The topological polar surface area (TPSA) is 122 Å². The van der Waals surface area contributed by atoms with E-state index in [0.717, 1.165) is 5.75 Å². The van der Waals surface area contributed by atoms with Crippen LogP contribution in [0.1, 0.15) is 25.7 Å². The van der Waals surface area contributed by atoms with Crippen molar-refractivity contribution in [2.24, 2.45) is 11.7 Å². The molecular weight excluding hydrogens is 282 g/mol. The van der Waals surface area contributed by atoms with Crippen molar-refractivity contribution in [2.75, 3.05) is 12.0 Å². The van der Waals surface area contributed by atoms with E-state index in [2.05, 4.69) is 10.6 Å². The maximum absolute atomic E-state index is 12.1. The molecule has 0 aromatic carbocycles. The Hall–Kier alpha value is -1.44. The largest absolute Gasteiger partial charge is 0.481 e. The second-order valence-corrected chi connectivity index (χ2v) is 5.88. The van der Waals surface area contributed by atoms with Crippen molar-refractivity contribution < 1.29 is 19.5 Å². The summed E-state index contributed by atoms with van der Waals surface area (Å²) >= 11 is 1.57. The second-order valence-electron chi connectivity index (χ2n) is 4.90. The lowest BCUT2D eigenvalue weighted by Crippen LogP contribution is -2.50. The minimum Gasteiger partial charge on any atom is -0.481 e. The summed E-state index contributed by atoms with van der Waals surface area (Å²) in [5.74, 6) is -0.792. The molecule has 1 fully saturated rings. The Morgan fingerprint density at radius 2 is 2.10 bits per heavy atom. The van der Waals surface area contributed by atoms with Gasteiger partial charge in [0.2, 0.25) is 5.91 Å². The number of nitrogens with two attached hydrogens (primary N) is 1. The van der Waals surface area contributed by atoms with Gasteiger partial charge in [-0.05, 0) is 37.7 Å². The van der Waals surface area contributed by atoms with Gasteiger partial charge in [-0.2, -0.15) is 11.8 Å². The molecule has 0 aliphatic heterocycles. The van der Waals surface area contributed by atoms with E-state index < -0.39 is 24.0 Å². The first-order valence-corrected chi connectivity index (χ1v) is 7.91. The fraction of sp³-hybridized carbons (Fsp3) is 0.750. The van der Waals surface area contributed by atoms with E-state index in [-0.39, 0.29) is 11.9 Å². The Kier molecular flexibility index (Phi) is 6.63.